The lowest BCUT2D eigenvalue weighted by molar-refractivity contribution is 0.869. The monoisotopic (exact) mass is 235 g/mol. The third-order valence-corrected chi connectivity index (χ3v) is 3.68. The number of hydrogen-bond donors (Lipinski definition) is 0. The van der Waals surface area contributed by atoms with E-state index in [2.05, 4.69) is 57.2 Å². The average Bonchev–Trinajstić information content (AvgIpc) is 2.38. The summed E-state index contributed by atoms with van der Waals surface area (Å²) in [7, 11) is 0. The van der Waals surface area contributed by atoms with E-state index in [9.17, 15) is 0 Å². The van der Waals surface area contributed by atoms with E-state index in [1.807, 2.05) is 6.07 Å². The second-order valence-electron chi connectivity index (χ2n) is 5.29. The minimum absolute atomic E-state index is 0.520. The fraction of sp³-hybridized carbons (Fsp3) is 0.222. The van der Waals surface area contributed by atoms with Crippen molar-refractivity contribution in [2.24, 2.45) is 0 Å². The van der Waals surface area contributed by atoms with Crippen LogP contribution in [-0.2, 0) is 0 Å². The van der Waals surface area contributed by atoms with E-state index in [-0.39, 0.29) is 0 Å². The van der Waals surface area contributed by atoms with Crippen molar-refractivity contribution in [3.63, 3.8) is 0 Å². The summed E-state index contributed by atoms with van der Waals surface area (Å²) in [5, 5.41) is 4.69. The molecule has 0 heteroatoms. The molecule has 0 aliphatic carbocycles. The SMILES string of the molecule is [2H]c1cc2cc(C(C)C)ccc2c2cccc(C)c12. The molecule has 0 radical (unpaired) electrons. The second-order valence-corrected chi connectivity index (χ2v) is 5.29. The standard InChI is InChI=1S/C18H18/c1-12(2)14-7-10-17-15(11-14)8-9-16-13(3)5-4-6-18(16)17/h4-12H,1-3H3/i9D. The van der Waals surface area contributed by atoms with E-state index in [1.54, 1.807) is 0 Å². The summed E-state index contributed by atoms with van der Waals surface area (Å²) >= 11 is 0. The summed E-state index contributed by atoms with van der Waals surface area (Å²) in [6, 6.07) is 15.5. The average molecular weight is 235 g/mol. The molecule has 0 unspecified atom stereocenters. The summed E-state index contributed by atoms with van der Waals surface area (Å²) in [4.78, 5) is 0. The Labute approximate surface area is 110 Å². The quantitative estimate of drug-likeness (QED) is 0.494. The Balaban J connectivity index is 2.45. The molecule has 0 amide bonds. The Morgan fingerprint density at radius 1 is 0.944 bits per heavy atom. The minimum atomic E-state index is 0.520. The van der Waals surface area contributed by atoms with Crippen LogP contribution in [0.2, 0.25) is 0 Å². The number of rotatable bonds is 1. The van der Waals surface area contributed by atoms with Gasteiger partial charge in [0.05, 0.1) is 1.37 Å². The third-order valence-electron chi connectivity index (χ3n) is 3.68. The Morgan fingerprint density at radius 3 is 2.56 bits per heavy atom. The highest BCUT2D eigenvalue weighted by atomic mass is 14.1. The zero-order valence-electron chi connectivity index (χ0n) is 12.1. The van der Waals surface area contributed by atoms with Gasteiger partial charge < -0.3 is 0 Å². The van der Waals surface area contributed by atoms with Gasteiger partial charge >= 0.3 is 0 Å². The summed E-state index contributed by atoms with van der Waals surface area (Å²) < 4.78 is 8.26. The minimum Gasteiger partial charge on any atom is -0.0613 e. The van der Waals surface area contributed by atoms with Crippen LogP contribution in [0.15, 0.2) is 48.5 Å². The first kappa shape index (κ1) is 10.1. The van der Waals surface area contributed by atoms with Crippen LogP contribution in [0, 0.1) is 6.92 Å². The maximum atomic E-state index is 8.26. The second kappa shape index (κ2) is 4.13. The highest BCUT2D eigenvalue weighted by Gasteiger charge is 2.04. The van der Waals surface area contributed by atoms with Gasteiger partial charge in [-0.2, -0.15) is 0 Å². The molecule has 0 spiro atoms. The van der Waals surface area contributed by atoms with Crippen molar-refractivity contribution >= 4 is 21.5 Å². The number of aryl methyl sites for hydroxylation is 1. The van der Waals surface area contributed by atoms with Crippen LogP contribution >= 0.6 is 0 Å². The molecule has 0 saturated carbocycles. The van der Waals surface area contributed by atoms with Gasteiger partial charge in [-0.25, -0.2) is 0 Å². The Bertz CT molecular complexity index is 769. The summed E-state index contributed by atoms with van der Waals surface area (Å²) in [5.41, 5.74) is 2.51. The van der Waals surface area contributed by atoms with Gasteiger partial charge in [0.1, 0.15) is 0 Å². The van der Waals surface area contributed by atoms with Crippen molar-refractivity contribution in [1.82, 2.24) is 0 Å². The molecule has 3 aromatic rings. The smallest absolute Gasteiger partial charge is 0.0613 e. The molecular weight excluding hydrogens is 216 g/mol. The largest absolute Gasteiger partial charge is 0.0630 e. The first-order valence-electron chi connectivity index (χ1n) is 7.00. The molecule has 0 fully saturated rings. The van der Waals surface area contributed by atoms with Gasteiger partial charge in [-0.05, 0) is 45.5 Å². The molecule has 0 saturated heterocycles. The van der Waals surface area contributed by atoms with Gasteiger partial charge in [-0.3, -0.25) is 0 Å². The summed E-state index contributed by atoms with van der Waals surface area (Å²) in [5.74, 6) is 0.520. The van der Waals surface area contributed by atoms with Crippen molar-refractivity contribution in [2.75, 3.05) is 0 Å². The van der Waals surface area contributed by atoms with Gasteiger partial charge in [-0.1, -0.05) is 62.4 Å². The number of benzene rings is 3. The van der Waals surface area contributed by atoms with E-state index in [1.165, 1.54) is 27.3 Å². The van der Waals surface area contributed by atoms with Crippen molar-refractivity contribution in [1.29, 1.82) is 0 Å². The van der Waals surface area contributed by atoms with Crippen molar-refractivity contribution in [3.8, 4) is 0 Å². The maximum absolute atomic E-state index is 8.26. The van der Waals surface area contributed by atoms with E-state index >= 15 is 0 Å². The topological polar surface area (TPSA) is 0 Å². The van der Waals surface area contributed by atoms with Gasteiger partial charge in [0.25, 0.3) is 0 Å². The van der Waals surface area contributed by atoms with Crippen molar-refractivity contribution < 1.29 is 1.37 Å². The van der Waals surface area contributed by atoms with E-state index < -0.39 is 0 Å². The molecule has 0 aliphatic rings. The predicted molar refractivity (Wildman–Crippen MR) is 80.3 cm³/mol. The molecule has 0 atom stereocenters. The lowest BCUT2D eigenvalue weighted by Gasteiger charge is -2.10. The fourth-order valence-corrected chi connectivity index (χ4v) is 2.54. The lowest BCUT2D eigenvalue weighted by Crippen LogP contribution is -1.87. The molecular formula is C18H18. The Morgan fingerprint density at radius 2 is 1.78 bits per heavy atom. The van der Waals surface area contributed by atoms with Crippen molar-refractivity contribution in [2.45, 2.75) is 26.7 Å². The Kier molecular flexibility index (Phi) is 2.33. The summed E-state index contributed by atoms with van der Waals surface area (Å²) in [6.45, 7) is 6.48. The molecule has 18 heavy (non-hydrogen) atoms. The molecule has 3 rings (SSSR count). The normalized spacial score (nSPS) is 12.3. The molecule has 3 aromatic carbocycles. The van der Waals surface area contributed by atoms with Crippen LogP contribution in [0.1, 0.15) is 32.3 Å². The fourth-order valence-electron chi connectivity index (χ4n) is 2.54. The van der Waals surface area contributed by atoms with Gasteiger partial charge in [-0.15, -0.1) is 0 Å². The first-order valence-corrected chi connectivity index (χ1v) is 6.50. The van der Waals surface area contributed by atoms with Crippen LogP contribution in [0.3, 0.4) is 0 Å². The Hall–Kier alpha value is -1.82. The van der Waals surface area contributed by atoms with Gasteiger partial charge in [0.15, 0.2) is 0 Å². The first-order chi connectivity index (χ1) is 9.08. The number of fused-ring (bicyclic) bond motifs is 3. The maximum Gasteiger partial charge on any atom is 0.0630 e. The van der Waals surface area contributed by atoms with E-state index in [0.717, 1.165) is 5.39 Å². The van der Waals surface area contributed by atoms with E-state index in [0.29, 0.717) is 12.0 Å². The van der Waals surface area contributed by atoms with Crippen LogP contribution in [0.4, 0.5) is 0 Å². The van der Waals surface area contributed by atoms with Crippen LogP contribution in [0.25, 0.3) is 21.5 Å². The van der Waals surface area contributed by atoms with Crippen molar-refractivity contribution in [3.05, 3.63) is 59.6 Å². The van der Waals surface area contributed by atoms with E-state index in [4.69, 9.17) is 1.37 Å². The zero-order valence-corrected chi connectivity index (χ0v) is 11.1. The predicted octanol–water partition coefficient (Wildman–Crippen LogP) is 5.42. The van der Waals surface area contributed by atoms with Crippen LogP contribution in [0.5, 0.6) is 0 Å². The highest BCUT2D eigenvalue weighted by Crippen LogP contribution is 2.29. The molecule has 0 aliphatic heterocycles. The lowest BCUT2D eigenvalue weighted by atomic mass is 9.95. The molecule has 0 bridgehead atoms. The molecule has 0 N–H and O–H groups in total. The van der Waals surface area contributed by atoms with Crippen LogP contribution in [-0.4, -0.2) is 0 Å². The third kappa shape index (κ3) is 1.69. The molecule has 0 nitrogen and oxygen atoms in total. The molecule has 0 heterocycles. The summed E-state index contributed by atoms with van der Waals surface area (Å²) in [6.07, 6.45) is 0. The molecule has 0 aromatic heterocycles. The van der Waals surface area contributed by atoms with Crippen LogP contribution < -0.4 is 0 Å². The van der Waals surface area contributed by atoms with Gasteiger partial charge in [0.2, 0.25) is 0 Å². The zero-order chi connectivity index (χ0) is 13.6. The molecule has 90 valence electrons. The number of hydrogen-bond acceptors (Lipinski definition) is 0. The highest BCUT2D eigenvalue weighted by molar-refractivity contribution is 6.08. The van der Waals surface area contributed by atoms with Gasteiger partial charge in [0, 0.05) is 0 Å².